The van der Waals surface area contributed by atoms with Crippen LogP contribution in [0, 0.1) is 0 Å². The lowest BCUT2D eigenvalue weighted by atomic mass is 10.2. The van der Waals surface area contributed by atoms with Gasteiger partial charge in [-0.05, 0) is 26.7 Å². The number of ether oxygens (including phenoxy) is 4. The summed E-state index contributed by atoms with van der Waals surface area (Å²) in [6, 6.07) is 0. The molecule has 0 aromatic rings. The van der Waals surface area contributed by atoms with E-state index in [1.807, 2.05) is 13.8 Å². The molecule has 0 saturated heterocycles. The van der Waals surface area contributed by atoms with Crippen molar-refractivity contribution in [3.63, 3.8) is 0 Å². The van der Waals surface area contributed by atoms with Gasteiger partial charge in [0.25, 0.3) is 0 Å². The standard InChI is InChI=1S/C16H32O4/c1-5-9-11-12-15(18-7-3)16(19-8-4)20-14-17-13-10-6-2/h5-14H2,1-4H3. The highest BCUT2D eigenvalue weighted by atomic mass is 16.7. The van der Waals surface area contributed by atoms with Gasteiger partial charge in [0, 0.05) is 6.42 Å². The Kier molecular flexibility index (Phi) is 13.9. The zero-order chi connectivity index (χ0) is 15.1. The minimum absolute atomic E-state index is 0.222. The molecule has 0 N–H and O–H groups in total. The molecule has 0 amide bonds. The molecule has 0 radical (unpaired) electrons. The maximum atomic E-state index is 5.66. The molecule has 20 heavy (non-hydrogen) atoms. The molecule has 0 aromatic heterocycles. The highest BCUT2D eigenvalue weighted by Crippen LogP contribution is 2.17. The number of unbranched alkanes of at least 4 members (excludes halogenated alkanes) is 3. The molecule has 0 spiro atoms. The van der Waals surface area contributed by atoms with Crippen molar-refractivity contribution in [2.75, 3.05) is 26.6 Å². The molecule has 0 aromatic carbocycles. The van der Waals surface area contributed by atoms with Crippen LogP contribution in [0.1, 0.15) is 66.2 Å². The molecule has 0 rings (SSSR count). The number of hydrogen-bond donors (Lipinski definition) is 0. The van der Waals surface area contributed by atoms with Gasteiger partial charge in [-0.1, -0.05) is 33.1 Å². The molecule has 0 heterocycles. The fraction of sp³-hybridized carbons (Fsp3) is 0.875. The van der Waals surface area contributed by atoms with E-state index in [0.29, 0.717) is 19.2 Å². The first-order valence-electron chi connectivity index (χ1n) is 7.99. The van der Waals surface area contributed by atoms with Crippen molar-refractivity contribution in [1.82, 2.24) is 0 Å². The molecule has 0 fully saturated rings. The highest BCUT2D eigenvalue weighted by Gasteiger charge is 2.11. The van der Waals surface area contributed by atoms with E-state index in [1.54, 1.807) is 0 Å². The van der Waals surface area contributed by atoms with Crippen LogP contribution in [0.2, 0.25) is 0 Å². The van der Waals surface area contributed by atoms with Gasteiger partial charge in [-0.25, -0.2) is 0 Å². The number of allylic oxidation sites excluding steroid dienone is 1. The van der Waals surface area contributed by atoms with Crippen LogP contribution in [-0.2, 0) is 18.9 Å². The zero-order valence-electron chi connectivity index (χ0n) is 13.7. The van der Waals surface area contributed by atoms with Crippen LogP contribution < -0.4 is 0 Å². The zero-order valence-corrected chi connectivity index (χ0v) is 13.7. The Morgan fingerprint density at radius 1 is 0.750 bits per heavy atom. The number of rotatable bonds is 14. The molecule has 0 aliphatic carbocycles. The molecule has 0 aliphatic heterocycles. The monoisotopic (exact) mass is 288 g/mol. The molecule has 0 atom stereocenters. The lowest BCUT2D eigenvalue weighted by Crippen LogP contribution is -2.09. The maximum absolute atomic E-state index is 5.66. The van der Waals surface area contributed by atoms with Gasteiger partial charge in [-0.15, -0.1) is 0 Å². The van der Waals surface area contributed by atoms with Crippen LogP contribution in [0.25, 0.3) is 0 Å². The average molecular weight is 288 g/mol. The van der Waals surface area contributed by atoms with Crippen molar-refractivity contribution in [3.8, 4) is 0 Å². The predicted molar refractivity (Wildman–Crippen MR) is 81.2 cm³/mol. The lowest BCUT2D eigenvalue weighted by molar-refractivity contribution is -0.0821. The van der Waals surface area contributed by atoms with Crippen LogP contribution in [0.3, 0.4) is 0 Å². The Labute approximate surface area is 124 Å². The van der Waals surface area contributed by atoms with Gasteiger partial charge in [0.05, 0.1) is 19.8 Å². The second-order valence-corrected chi connectivity index (χ2v) is 4.56. The summed E-state index contributed by atoms with van der Waals surface area (Å²) in [4.78, 5) is 0. The second-order valence-electron chi connectivity index (χ2n) is 4.56. The van der Waals surface area contributed by atoms with Gasteiger partial charge in [0.15, 0.2) is 12.6 Å². The van der Waals surface area contributed by atoms with Gasteiger partial charge >= 0.3 is 5.95 Å². The van der Waals surface area contributed by atoms with E-state index in [9.17, 15) is 0 Å². The normalized spacial score (nSPS) is 12.0. The maximum Gasteiger partial charge on any atom is 0.321 e. The molecular weight excluding hydrogens is 256 g/mol. The topological polar surface area (TPSA) is 36.9 Å². The Morgan fingerprint density at radius 3 is 2.05 bits per heavy atom. The molecular formula is C16H32O4. The van der Waals surface area contributed by atoms with Gasteiger partial charge < -0.3 is 18.9 Å². The second kappa shape index (κ2) is 14.5. The first-order chi connectivity index (χ1) is 9.79. The molecule has 120 valence electrons. The number of hydrogen-bond acceptors (Lipinski definition) is 4. The summed E-state index contributed by atoms with van der Waals surface area (Å²) >= 11 is 0. The van der Waals surface area contributed by atoms with Crippen molar-refractivity contribution in [2.45, 2.75) is 66.2 Å². The predicted octanol–water partition coefficient (Wildman–Crippen LogP) is 4.60. The van der Waals surface area contributed by atoms with E-state index in [1.165, 1.54) is 12.8 Å². The Bertz CT molecular complexity index is 239. The van der Waals surface area contributed by atoms with Gasteiger partial charge in [-0.2, -0.15) is 0 Å². The molecule has 0 aliphatic rings. The summed E-state index contributed by atoms with van der Waals surface area (Å²) in [6.07, 6.45) is 6.48. The summed E-state index contributed by atoms with van der Waals surface area (Å²) in [6.45, 7) is 10.4. The Balaban J connectivity index is 4.35. The first kappa shape index (κ1) is 19.1. The molecule has 4 nitrogen and oxygen atoms in total. The van der Waals surface area contributed by atoms with Crippen LogP contribution in [0.5, 0.6) is 0 Å². The van der Waals surface area contributed by atoms with E-state index in [2.05, 4.69) is 13.8 Å². The van der Waals surface area contributed by atoms with Crippen molar-refractivity contribution in [3.05, 3.63) is 11.7 Å². The van der Waals surface area contributed by atoms with Gasteiger partial charge in [-0.3, -0.25) is 0 Å². The van der Waals surface area contributed by atoms with Crippen molar-refractivity contribution >= 4 is 0 Å². The average Bonchev–Trinajstić information content (AvgIpc) is 2.45. The Morgan fingerprint density at radius 2 is 1.45 bits per heavy atom. The minimum atomic E-state index is 0.222. The quantitative estimate of drug-likeness (QED) is 0.266. The van der Waals surface area contributed by atoms with Gasteiger partial charge in [0.2, 0.25) is 0 Å². The third kappa shape index (κ3) is 9.96. The third-order valence-electron chi connectivity index (χ3n) is 2.74. The van der Waals surface area contributed by atoms with E-state index in [-0.39, 0.29) is 6.79 Å². The molecule has 0 bridgehead atoms. The lowest BCUT2D eigenvalue weighted by Gasteiger charge is -2.16. The van der Waals surface area contributed by atoms with E-state index >= 15 is 0 Å². The van der Waals surface area contributed by atoms with E-state index in [0.717, 1.165) is 38.0 Å². The Hall–Kier alpha value is -0.900. The fourth-order valence-corrected chi connectivity index (χ4v) is 1.68. The van der Waals surface area contributed by atoms with Crippen LogP contribution in [0.4, 0.5) is 0 Å². The van der Waals surface area contributed by atoms with E-state index < -0.39 is 0 Å². The fourth-order valence-electron chi connectivity index (χ4n) is 1.68. The van der Waals surface area contributed by atoms with E-state index in [4.69, 9.17) is 18.9 Å². The minimum Gasteiger partial charge on any atom is -0.491 e. The van der Waals surface area contributed by atoms with Crippen molar-refractivity contribution in [1.29, 1.82) is 0 Å². The van der Waals surface area contributed by atoms with Crippen LogP contribution in [-0.4, -0.2) is 26.6 Å². The summed E-state index contributed by atoms with van der Waals surface area (Å²) < 4.78 is 22.2. The SMILES string of the molecule is CCCCCC(OCC)=C(OCC)OCOCCCC. The summed E-state index contributed by atoms with van der Waals surface area (Å²) in [5.74, 6) is 1.30. The summed E-state index contributed by atoms with van der Waals surface area (Å²) in [5, 5.41) is 0. The largest absolute Gasteiger partial charge is 0.491 e. The summed E-state index contributed by atoms with van der Waals surface area (Å²) in [5.41, 5.74) is 0. The summed E-state index contributed by atoms with van der Waals surface area (Å²) in [7, 11) is 0. The molecule has 0 saturated carbocycles. The van der Waals surface area contributed by atoms with Crippen LogP contribution in [0.15, 0.2) is 11.7 Å². The smallest absolute Gasteiger partial charge is 0.321 e. The van der Waals surface area contributed by atoms with Gasteiger partial charge in [0.1, 0.15) is 0 Å². The third-order valence-corrected chi connectivity index (χ3v) is 2.74. The highest BCUT2D eigenvalue weighted by molar-refractivity contribution is 4.95. The van der Waals surface area contributed by atoms with Crippen LogP contribution >= 0.6 is 0 Å². The van der Waals surface area contributed by atoms with Crippen molar-refractivity contribution in [2.24, 2.45) is 0 Å². The van der Waals surface area contributed by atoms with Crippen molar-refractivity contribution < 1.29 is 18.9 Å². The molecule has 0 unspecified atom stereocenters. The molecule has 4 heteroatoms. The first-order valence-corrected chi connectivity index (χ1v) is 7.99.